The first-order valence-corrected chi connectivity index (χ1v) is 4.92. The normalized spacial score (nSPS) is 10.1. The third-order valence-electron chi connectivity index (χ3n) is 2.24. The number of nitrogens with zero attached hydrogens (tertiary/aromatic N) is 3. The molecule has 2 rings (SSSR count). The minimum atomic E-state index is 0.333. The molecule has 0 aliphatic rings. The highest BCUT2D eigenvalue weighted by Gasteiger charge is 2.04. The smallest absolute Gasteiger partial charge is 0.203 e. The van der Waals surface area contributed by atoms with Crippen LogP contribution in [-0.2, 0) is 13.6 Å². The molecule has 2 heterocycles. The summed E-state index contributed by atoms with van der Waals surface area (Å²) in [4.78, 5) is 0. The van der Waals surface area contributed by atoms with Crippen molar-refractivity contribution in [2.75, 3.05) is 5.32 Å². The molecule has 0 aliphatic carbocycles. The molecular weight excluding hydrogens is 204 g/mol. The first-order valence-electron chi connectivity index (χ1n) is 4.92. The van der Waals surface area contributed by atoms with Gasteiger partial charge in [-0.2, -0.15) is 10.4 Å². The second kappa shape index (κ2) is 4.11. The molecule has 0 aliphatic heterocycles. The molecule has 0 bridgehead atoms. The highest BCUT2D eigenvalue weighted by atomic mass is 16.3. The number of aromatic nitrogens is 2. The van der Waals surface area contributed by atoms with E-state index in [1.54, 1.807) is 16.8 Å². The Morgan fingerprint density at radius 3 is 2.94 bits per heavy atom. The summed E-state index contributed by atoms with van der Waals surface area (Å²) in [6.45, 7) is 2.49. The Kier molecular flexibility index (Phi) is 2.64. The number of furan rings is 1. The van der Waals surface area contributed by atoms with Crippen molar-refractivity contribution in [3.05, 3.63) is 35.5 Å². The monoisotopic (exact) mass is 216 g/mol. The lowest BCUT2D eigenvalue weighted by molar-refractivity contribution is 0.506. The van der Waals surface area contributed by atoms with Gasteiger partial charge in [-0.25, -0.2) is 0 Å². The van der Waals surface area contributed by atoms with Crippen molar-refractivity contribution in [1.29, 1.82) is 5.26 Å². The Morgan fingerprint density at radius 2 is 2.38 bits per heavy atom. The minimum Gasteiger partial charge on any atom is -0.449 e. The topological polar surface area (TPSA) is 66.8 Å². The summed E-state index contributed by atoms with van der Waals surface area (Å²) in [5.74, 6) is 1.07. The summed E-state index contributed by atoms with van der Waals surface area (Å²) < 4.78 is 7.00. The van der Waals surface area contributed by atoms with E-state index in [-0.39, 0.29) is 0 Å². The van der Waals surface area contributed by atoms with Crippen molar-refractivity contribution in [1.82, 2.24) is 9.78 Å². The van der Waals surface area contributed by atoms with Crippen molar-refractivity contribution in [2.45, 2.75) is 13.5 Å². The third kappa shape index (κ3) is 2.06. The molecule has 2 aromatic heterocycles. The van der Waals surface area contributed by atoms with Gasteiger partial charge in [-0.3, -0.25) is 4.68 Å². The first kappa shape index (κ1) is 10.3. The van der Waals surface area contributed by atoms with E-state index in [9.17, 15) is 0 Å². The molecule has 0 atom stereocenters. The van der Waals surface area contributed by atoms with E-state index in [2.05, 4.69) is 10.4 Å². The highest BCUT2D eigenvalue weighted by molar-refractivity contribution is 5.45. The van der Waals surface area contributed by atoms with E-state index in [0.717, 1.165) is 17.1 Å². The molecule has 0 fully saturated rings. The largest absolute Gasteiger partial charge is 0.449 e. The Hall–Kier alpha value is -2.22. The molecule has 1 N–H and O–H groups in total. The van der Waals surface area contributed by atoms with Crippen molar-refractivity contribution in [3.8, 4) is 6.07 Å². The molecular formula is C11H12N4O. The maximum absolute atomic E-state index is 8.61. The van der Waals surface area contributed by atoms with Crippen molar-refractivity contribution < 1.29 is 4.42 Å². The summed E-state index contributed by atoms with van der Waals surface area (Å²) in [5, 5.41) is 16.0. The molecule has 82 valence electrons. The molecule has 16 heavy (non-hydrogen) atoms. The molecule has 5 heteroatoms. The van der Waals surface area contributed by atoms with Crippen molar-refractivity contribution in [2.24, 2.45) is 7.05 Å². The molecule has 0 radical (unpaired) electrons. The molecule has 0 saturated carbocycles. The van der Waals surface area contributed by atoms with Crippen LogP contribution in [0.2, 0.25) is 0 Å². The lowest BCUT2D eigenvalue weighted by Crippen LogP contribution is -1.98. The van der Waals surface area contributed by atoms with Crippen molar-refractivity contribution in [3.63, 3.8) is 0 Å². The fourth-order valence-corrected chi connectivity index (χ4v) is 1.49. The zero-order valence-electron chi connectivity index (χ0n) is 9.19. The van der Waals surface area contributed by atoms with Crippen LogP contribution in [0, 0.1) is 18.3 Å². The van der Waals surface area contributed by atoms with Gasteiger partial charge in [0.15, 0.2) is 0 Å². The second-order valence-corrected chi connectivity index (χ2v) is 3.53. The predicted molar refractivity (Wildman–Crippen MR) is 58.7 cm³/mol. The summed E-state index contributed by atoms with van der Waals surface area (Å²) in [5.41, 5.74) is 1.91. The van der Waals surface area contributed by atoms with Crippen molar-refractivity contribution >= 4 is 5.69 Å². The SMILES string of the molecule is Cc1nn(C)cc1NCc1ccc(C#N)o1. The van der Waals surface area contributed by atoms with Gasteiger partial charge in [0.05, 0.1) is 17.9 Å². The fraction of sp³-hybridized carbons (Fsp3) is 0.273. The number of anilines is 1. The van der Waals surface area contributed by atoms with Gasteiger partial charge in [-0.15, -0.1) is 0 Å². The van der Waals surface area contributed by atoms with Crippen LogP contribution in [-0.4, -0.2) is 9.78 Å². The van der Waals surface area contributed by atoms with Gasteiger partial charge in [-0.1, -0.05) is 0 Å². The van der Waals surface area contributed by atoms with Crippen LogP contribution in [0.1, 0.15) is 17.2 Å². The van der Waals surface area contributed by atoms with Gasteiger partial charge < -0.3 is 9.73 Å². The molecule has 0 unspecified atom stereocenters. The number of nitriles is 1. The molecule has 2 aromatic rings. The number of hydrogen-bond acceptors (Lipinski definition) is 4. The molecule has 0 amide bonds. The van der Waals surface area contributed by atoms with Gasteiger partial charge in [0.2, 0.25) is 5.76 Å². The van der Waals surface area contributed by atoms with E-state index in [4.69, 9.17) is 9.68 Å². The van der Waals surface area contributed by atoms with Crippen LogP contribution in [0.25, 0.3) is 0 Å². The Morgan fingerprint density at radius 1 is 1.56 bits per heavy atom. The highest BCUT2D eigenvalue weighted by Crippen LogP contribution is 2.14. The van der Waals surface area contributed by atoms with E-state index in [0.29, 0.717) is 12.3 Å². The number of rotatable bonds is 3. The van der Waals surface area contributed by atoms with E-state index < -0.39 is 0 Å². The molecule has 5 nitrogen and oxygen atoms in total. The quantitative estimate of drug-likeness (QED) is 0.849. The Bertz CT molecular complexity index is 532. The number of nitrogens with one attached hydrogen (secondary N) is 1. The maximum Gasteiger partial charge on any atom is 0.203 e. The number of hydrogen-bond donors (Lipinski definition) is 1. The number of aryl methyl sites for hydroxylation is 2. The van der Waals surface area contributed by atoms with E-state index >= 15 is 0 Å². The average molecular weight is 216 g/mol. The van der Waals surface area contributed by atoms with Gasteiger partial charge >= 0.3 is 0 Å². The van der Waals surface area contributed by atoms with Crippen LogP contribution in [0.3, 0.4) is 0 Å². The maximum atomic E-state index is 8.61. The third-order valence-corrected chi connectivity index (χ3v) is 2.24. The minimum absolute atomic E-state index is 0.333. The van der Waals surface area contributed by atoms with Crippen LogP contribution < -0.4 is 5.32 Å². The van der Waals surface area contributed by atoms with Crippen LogP contribution in [0.15, 0.2) is 22.7 Å². The lowest BCUT2D eigenvalue weighted by Gasteiger charge is -2.00. The summed E-state index contributed by atoms with van der Waals surface area (Å²) >= 11 is 0. The van der Waals surface area contributed by atoms with E-state index in [1.165, 1.54) is 0 Å². The van der Waals surface area contributed by atoms with Gasteiger partial charge in [-0.05, 0) is 19.1 Å². The fourth-order valence-electron chi connectivity index (χ4n) is 1.49. The molecule has 0 aromatic carbocycles. The average Bonchev–Trinajstić information content (AvgIpc) is 2.82. The van der Waals surface area contributed by atoms with Crippen LogP contribution >= 0.6 is 0 Å². The summed E-state index contributed by atoms with van der Waals surface area (Å²) in [6, 6.07) is 5.40. The zero-order valence-corrected chi connectivity index (χ0v) is 9.19. The molecule has 0 spiro atoms. The Labute approximate surface area is 93.3 Å². The Balaban J connectivity index is 2.02. The van der Waals surface area contributed by atoms with Crippen LogP contribution in [0.5, 0.6) is 0 Å². The van der Waals surface area contributed by atoms with Gasteiger partial charge in [0.1, 0.15) is 11.8 Å². The second-order valence-electron chi connectivity index (χ2n) is 3.53. The zero-order chi connectivity index (χ0) is 11.5. The van der Waals surface area contributed by atoms with E-state index in [1.807, 2.05) is 26.2 Å². The standard InChI is InChI=1S/C11H12N4O/c1-8-11(7-15(2)14-8)13-6-10-4-3-9(5-12)16-10/h3-4,7,13H,6H2,1-2H3. The lowest BCUT2D eigenvalue weighted by atomic mass is 10.3. The molecule has 0 saturated heterocycles. The predicted octanol–water partition coefficient (Wildman–Crippen LogP) is 1.81. The summed E-state index contributed by atoms with van der Waals surface area (Å²) in [6.07, 6.45) is 1.91. The van der Waals surface area contributed by atoms with Gasteiger partial charge in [0.25, 0.3) is 0 Å². The van der Waals surface area contributed by atoms with Crippen LogP contribution in [0.4, 0.5) is 5.69 Å². The summed E-state index contributed by atoms with van der Waals surface area (Å²) in [7, 11) is 1.87. The van der Waals surface area contributed by atoms with Gasteiger partial charge in [0, 0.05) is 13.2 Å². The first-order chi connectivity index (χ1) is 7.69.